The van der Waals surface area contributed by atoms with Gasteiger partial charge < -0.3 is 5.32 Å². The number of piperidine rings is 1. The fourth-order valence-corrected chi connectivity index (χ4v) is 2.55. The Bertz CT molecular complexity index is 152. The van der Waals surface area contributed by atoms with E-state index in [1.165, 1.54) is 45.2 Å². The molecule has 0 spiro atoms. The lowest BCUT2D eigenvalue weighted by Gasteiger charge is -2.42. The molecule has 0 aromatic heterocycles. The van der Waals surface area contributed by atoms with Crippen molar-refractivity contribution in [3.8, 4) is 0 Å². The molecule has 1 atom stereocenters. The van der Waals surface area contributed by atoms with Crippen LogP contribution in [0.25, 0.3) is 0 Å². The molecule has 76 valence electrons. The molecule has 2 rings (SSSR count). The second kappa shape index (κ2) is 4.43. The number of nitrogens with one attached hydrogen (secondary N) is 1. The highest BCUT2D eigenvalue weighted by Crippen LogP contribution is 2.27. The maximum absolute atomic E-state index is 3.58. The highest BCUT2D eigenvalue weighted by atomic mass is 15.2. The van der Waals surface area contributed by atoms with Crippen LogP contribution in [-0.2, 0) is 0 Å². The third kappa shape index (κ3) is 2.23. The minimum Gasteiger partial charge on any atom is -0.313 e. The number of rotatable bonds is 3. The van der Waals surface area contributed by atoms with Gasteiger partial charge in [0, 0.05) is 18.6 Å². The molecule has 2 heteroatoms. The van der Waals surface area contributed by atoms with Crippen molar-refractivity contribution >= 4 is 0 Å². The molecule has 0 bridgehead atoms. The fourth-order valence-electron chi connectivity index (χ4n) is 2.55. The number of likely N-dealkylation sites (tertiary alicyclic amines) is 1. The standard InChI is InChI=1S/C11H22N2/c1-2-12-10-5-4-8-13(9-10)11-6-3-7-11/h10-12H,2-9H2,1H3. The smallest absolute Gasteiger partial charge is 0.0195 e. The van der Waals surface area contributed by atoms with E-state index in [1.807, 2.05) is 0 Å². The largest absolute Gasteiger partial charge is 0.313 e. The van der Waals surface area contributed by atoms with Crippen LogP contribution < -0.4 is 5.32 Å². The first-order chi connectivity index (χ1) is 6.40. The Morgan fingerprint density at radius 1 is 1.23 bits per heavy atom. The summed E-state index contributed by atoms with van der Waals surface area (Å²) in [5.74, 6) is 0. The minimum absolute atomic E-state index is 0.777. The SMILES string of the molecule is CCNC1CCCN(C2CCC2)C1. The Labute approximate surface area is 81.7 Å². The van der Waals surface area contributed by atoms with E-state index in [1.54, 1.807) is 0 Å². The Hall–Kier alpha value is -0.0800. The van der Waals surface area contributed by atoms with Crippen LogP contribution in [0.5, 0.6) is 0 Å². The van der Waals surface area contributed by atoms with Gasteiger partial charge in [0.15, 0.2) is 0 Å². The van der Waals surface area contributed by atoms with Crippen LogP contribution >= 0.6 is 0 Å². The summed E-state index contributed by atoms with van der Waals surface area (Å²) in [5, 5.41) is 3.58. The van der Waals surface area contributed by atoms with Gasteiger partial charge in [-0.05, 0) is 38.8 Å². The molecule has 1 saturated heterocycles. The second-order valence-electron chi connectivity index (χ2n) is 4.48. The van der Waals surface area contributed by atoms with Crippen LogP contribution in [0.15, 0.2) is 0 Å². The van der Waals surface area contributed by atoms with Gasteiger partial charge in [-0.3, -0.25) is 4.90 Å². The lowest BCUT2D eigenvalue weighted by atomic mass is 9.89. The third-order valence-corrected chi connectivity index (χ3v) is 3.54. The highest BCUT2D eigenvalue weighted by Gasteiger charge is 2.28. The monoisotopic (exact) mass is 182 g/mol. The zero-order chi connectivity index (χ0) is 9.10. The molecule has 1 aliphatic heterocycles. The Kier molecular flexibility index (Phi) is 3.23. The first-order valence-corrected chi connectivity index (χ1v) is 5.87. The fraction of sp³-hybridized carbons (Fsp3) is 1.00. The van der Waals surface area contributed by atoms with Gasteiger partial charge in [-0.25, -0.2) is 0 Å². The molecule has 0 aromatic carbocycles. The summed E-state index contributed by atoms with van der Waals surface area (Å²) in [6, 6.07) is 1.72. The van der Waals surface area contributed by atoms with Gasteiger partial charge in [-0.2, -0.15) is 0 Å². The highest BCUT2D eigenvalue weighted by molar-refractivity contribution is 4.86. The average molecular weight is 182 g/mol. The van der Waals surface area contributed by atoms with Gasteiger partial charge in [0.25, 0.3) is 0 Å². The molecule has 0 aromatic rings. The van der Waals surface area contributed by atoms with E-state index < -0.39 is 0 Å². The lowest BCUT2D eigenvalue weighted by Crippen LogP contribution is -2.51. The number of hydrogen-bond acceptors (Lipinski definition) is 2. The van der Waals surface area contributed by atoms with Crippen LogP contribution in [0.4, 0.5) is 0 Å². The van der Waals surface area contributed by atoms with E-state index in [-0.39, 0.29) is 0 Å². The molecule has 1 aliphatic carbocycles. The molecule has 1 unspecified atom stereocenters. The quantitative estimate of drug-likeness (QED) is 0.713. The minimum atomic E-state index is 0.777. The van der Waals surface area contributed by atoms with Crippen LogP contribution in [0.3, 0.4) is 0 Å². The third-order valence-electron chi connectivity index (χ3n) is 3.54. The zero-order valence-electron chi connectivity index (χ0n) is 8.76. The molecule has 13 heavy (non-hydrogen) atoms. The van der Waals surface area contributed by atoms with Gasteiger partial charge in [-0.15, -0.1) is 0 Å². The Morgan fingerprint density at radius 2 is 2.08 bits per heavy atom. The molecule has 0 radical (unpaired) electrons. The Balaban J connectivity index is 1.77. The normalized spacial score (nSPS) is 31.6. The van der Waals surface area contributed by atoms with Crippen molar-refractivity contribution in [2.45, 2.75) is 51.1 Å². The van der Waals surface area contributed by atoms with Gasteiger partial charge in [0.05, 0.1) is 0 Å². The Morgan fingerprint density at radius 3 is 2.69 bits per heavy atom. The molecule has 1 saturated carbocycles. The van der Waals surface area contributed by atoms with Gasteiger partial charge >= 0.3 is 0 Å². The number of nitrogens with zero attached hydrogens (tertiary/aromatic N) is 1. The van der Waals surface area contributed by atoms with Crippen LogP contribution in [0.2, 0.25) is 0 Å². The predicted molar refractivity (Wildman–Crippen MR) is 55.9 cm³/mol. The van der Waals surface area contributed by atoms with Crippen molar-refractivity contribution in [3.05, 3.63) is 0 Å². The molecule has 2 nitrogen and oxygen atoms in total. The van der Waals surface area contributed by atoms with Crippen LogP contribution in [-0.4, -0.2) is 36.6 Å². The van der Waals surface area contributed by atoms with Crippen molar-refractivity contribution in [3.63, 3.8) is 0 Å². The zero-order valence-corrected chi connectivity index (χ0v) is 8.76. The average Bonchev–Trinajstić information content (AvgIpc) is 2.02. The van der Waals surface area contributed by atoms with Gasteiger partial charge in [-0.1, -0.05) is 13.3 Å². The van der Waals surface area contributed by atoms with Crippen molar-refractivity contribution < 1.29 is 0 Å². The lowest BCUT2D eigenvalue weighted by molar-refractivity contribution is 0.0880. The molecular weight excluding hydrogens is 160 g/mol. The van der Waals surface area contributed by atoms with Crippen molar-refractivity contribution in [2.75, 3.05) is 19.6 Å². The van der Waals surface area contributed by atoms with Gasteiger partial charge in [0.2, 0.25) is 0 Å². The summed E-state index contributed by atoms with van der Waals surface area (Å²) in [6.07, 6.45) is 7.16. The van der Waals surface area contributed by atoms with Crippen LogP contribution in [0, 0.1) is 0 Å². The number of likely N-dealkylation sites (N-methyl/N-ethyl adjacent to an activating group) is 1. The van der Waals surface area contributed by atoms with E-state index in [9.17, 15) is 0 Å². The molecular formula is C11H22N2. The second-order valence-corrected chi connectivity index (χ2v) is 4.48. The summed E-state index contributed by atoms with van der Waals surface area (Å²) < 4.78 is 0. The first-order valence-electron chi connectivity index (χ1n) is 5.87. The summed E-state index contributed by atoms with van der Waals surface area (Å²) >= 11 is 0. The van der Waals surface area contributed by atoms with E-state index in [0.29, 0.717) is 0 Å². The topological polar surface area (TPSA) is 15.3 Å². The molecule has 0 amide bonds. The molecule has 1 N–H and O–H groups in total. The summed E-state index contributed by atoms with van der Waals surface area (Å²) in [7, 11) is 0. The van der Waals surface area contributed by atoms with E-state index in [0.717, 1.165) is 18.6 Å². The summed E-state index contributed by atoms with van der Waals surface area (Å²) in [6.45, 7) is 6.00. The summed E-state index contributed by atoms with van der Waals surface area (Å²) in [5.41, 5.74) is 0. The first kappa shape index (κ1) is 9.47. The maximum Gasteiger partial charge on any atom is 0.0195 e. The predicted octanol–water partition coefficient (Wildman–Crippen LogP) is 1.61. The molecule has 2 aliphatic rings. The summed E-state index contributed by atoms with van der Waals surface area (Å²) in [4.78, 5) is 2.71. The molecule has 2 fully saturated rings. The van der Waals surface area contributed by atoms with E-state index in [2.05, 4.69) is 17.1 Å². The van der Waals surface area contributed by atoms with E-state index >= 15 is 0 Å². The van der Waals surface area contributed by atoms with E-state index in [4.69, 9.17) is 0 Å². The molecule has 1 heterocycles. The van der Waals surface area contributed by atoms with Gasteiger partial charge in [0.1, 0.15) is 0 Å². The van der Waals surface area contributed by atoms with Crippen molar-refractivity contribution in [2.24, 2.45) is 0 Å². The van der Waals surface area contributed by atoms with Crippen molar-refractivity contribution in [1.29, 1.82) is 0 Å². The maximum atomic E-state index is 3.58. The van der Waals surface area contributed by atoms with Crippen LogP contribution in [0.1, 0.15) is 39.0 Å². The number of hydrogen-bond donors (Lipinski definition) is 1. The van der Waals surface area contributed by atoms with Crippen molar-refractivity contribution in [1.82, 2.24) is 10.2 Å².